The van der Waals surface area contributed by atoms with E-state index >= 15 is 0 Å². The van der Waals surface area contributed by atoms with Gasteiger partial charge in [0.15, 0.2) is 5.11 Å². The molecule has 0 aliphatic rings. The molecule has 5 nitrogen and oxygen atoms in total. The van der Waals surface area contributed by atoms with Gasteiger partial charge in [0.1, 0.15) is 0 Å². The van der Waals surface area contributed by atoms with Crippen molar-refractivity contribution in [2.45, 2.75) is 0 Å². The van der Waals surface area contributed by atoms with E-state index in [4.69, 9.17) is 23.8 Å². The van der Waals surface area contributed by atoms with E-state index < -0.39 is 5.91 Å². The summed E-state index contributed by atoms with van der Waals surface area (Å²) in [5.41, 5.74) is 5.79. The first-order chi connectivity index (χ1) is 12.5. The zero-order chi connectivity index (χ0) is 18.5. The molecule has 3 rings (SSSR count). The minimum atomic E-state index is -0.399. The molecule has 26 heavy (non-hydrogen) atoms. The molecular weight excluding hydrogens is 370 g/mol. The largest absolute Gasteiger partial charge is 0.298 e. The van der Waals surface area contributed by atoms with Gasteiger partial charge in [0, 0.05) is 16.1 Å². The standard InChI is InChI=1S/C19H14ClN3O2S/c20-16-9-7-13(8-10-16)18(25)22-23-19(26)21-17(24)15-6-5-12-3-1-2-4-14(12)11-15/h1-11H,(H,22,25)(H2,21,23,24,26). The van der Waals surface area contributed by atoms with Crippen LogP contribution in [0.3, 0.4) is 0 Å². The minimum absolute atomic E-state index is 0.00882. The molecule has 0 radical (unpaired) electrons. The number of nitrogens with one attached hydrogen (secondary N) is 3. The number of hydrogen-bond acceptors (Lipinski definition) is 3. The van der Waals surface area contributed by atoms with Crippen molar-refractivity contribution < 1.29 is 9.59 Å². The Kier molecular flexibility index (Phi) is 5.46. The van der Waals surface area contributed by atoms with Crippen LogP contribution in [-0.2, 0) is 0 Å². The number of halogens is 1. The molecule has 2 amide bonds. The smallest absolute Gasteiger partial charge is 0.269 e. The first-order valence-electron chi connectivity index (χ1n) is 7.69. The maximum absolute atomic E-state index is 12.3. The van der Waals surface area contributed by atoms with Crippen LogP contribution >= 0.6 is 23.8 Å². The zero-order valence-corrected chi connectivity index (χ0v) is 15.0. The minimum Gasteiger partial charge on any atom is -0.298 e. The quantitative estimate of drug-likeness (QED) is 0.468. The molecule has 0 bridgehead atoms. The van der Waals surface area contributed by atoms with Gasteiger partial charge in [-0.15, -0.1) is 0 Å². The predicted octanol–water partition coefficient (Wildman–Crippen LogP) is 3.44. The number of rotatable bonds is 2. The first-order valence-corrected chi connectivity index (χ1v) is 8.47. The number of benzene rings is 3. The van der Waals surface area contributed by atoms with Crippen LogP contribution in [0.2, 0.25) is 5.02 Å². The molecule has 0 fully saturated rings. The Morgan fingerprint density at radius 2 is 1.42 bits per heavy atom. The fourth-order valence-electron chi connectivity index (χ4n) is 2.32. The molecule has 0 aliphatic heterocycles. The number of hydrogen-bond donors (Lipinski definition) is 3. The van der Waals surface area contributed by atoms with E-state index in [-0.39, 0.29) is 11.0 Å². The molecule has 0 atom stereocenters. The van der Waals surface area contributed by atoms with Crippen molar-refractivity contribution >= 4 is 51.5 Å². The Hall–Kier alpha value is -2.96. The lowest BCUT2D eigenvalue weighted by molar-refractivity contribution is 0.0934. The summed E-state index contributed by atoms with van der Waals surface area (Å²) in [5.74, 6) is -0.766. The van der Waals surface area contributed by atoms with E-state index in [9.17, 15) is 9.59 Å². The highest BCUT2D eigenvalue weighted by Gasteiger charge is 2.10. The van der Waals surface area contributed by atoms with Gasteiger partial charge in [0.05, 0.1) is 0 Å². The number of hydrazine groups is 1. The first kappa shape index (κ1) is 17.8. The summed E-state index contributed by atoms with van der Waals surface area (Å²) in [6.45, 7) is 0. The van der Waals surface area contributed by atoms with Gasteiger partial charge in [-0.25, -0.2) is 0 Å². The van der Waals surface area contributed by atoms with E-state index in [0.29, 0.717) is 16.1 Å². The Morgan fingerprint density at radius 1 is 0.769 bits per heavy atom. The van der Waals surface area contributed by atoms with Gasteiger partial charge in [0.25, 0.3) is 11.8 Å². The molecule has 0 heterocycles. The normalized spacial score (nSPS) is 10.2. The highest BCUT2D eigenvalue weighted by molar-refractivity contribution is 7.80. The highest BCUT2D eigenvalue weighted by Crippen LogP contribution is 2.15. The lowest BCUT2D eigenvalue weighted by Crippen LogP contribution is -2.48. The van der Waals surface area contributed by atoms with Crippen LogP contribution in [0.4, 0.5) is 0 Å². The summed E-state index contributed by atoms with van der Waals surface area (Å²) in [5, 5.41) is 5.04. The van der Waals surface area contributed by atoms with Crippen molar-refractivity contribution in [3.05, 3.63) is 82.9 Å². The maximum Gasteiger partial charge on any atom is 0.269 e. The number of amides is 2. The van der Waals surface area contributed by atoms with E-state index in [2.05, 4.69) is 16.2 Å². The van der Waals surface area contributed by atoms with Gasteiger partial charge in [-0.1, -0.05) is 41.9 Å². The lowest BCUT2D eigenvalue weighted by Gasteiger charge is -2.11. The number of carbonyl (C=O) groups excluding carboxylic acids is 2. The van der Waals surface area contributed by atoms with Gasteiger partial charge < -0.3 is 0 Å². The molecule has 0 saturated carbocycles. The predicted molar refractivity (Wildman–Crippen MR) is 106 cm³/mol. The average Bonchev–Trinajstić information content (AvgIpc) is 2.66. The summed E-state index contributed by atoms with van der Waals surface area (Å²) in [7, 11) is 0. The molecule has 130 valence electrons. The van der Waals surface area contributed by atoms with Crippen LogP contribution in [0.5, 0.6) is 0 Å². The van der Waals surface area contributed by atoms with Crippen molar-refractivity contribution in [3.8, 4) is 0 Å². The second-order valence-electron chi connectivity index (χ2n) is 5.43. The van der Waals surface area contributed by atoms with Crippen LogP contribution in [0.25, 0.3) is 10.8 Å². The van der Waals surface area contributed by atoms with Gasteiger partial charge in [-0.2, -0.15) is 0 Å². The average molecular weight is 384 g/mol. The highest BCUT2D eigenvalue weighted by atomic mass is 35.5. The van der Waals surface area contributed by atoms with E-state index in [1.54, 1.807) is 36.4 Å². The molecule has 0 spiro atoms. The van der Waals surface area contributed by atoms with Crippen molar-refractivity contribution in [1.82, 2.24) is 16.2 Å². The maximum atomic E-state index is 12.3. The Morgan fingerprint density at radius 3 is 2.15 bits per heavy atom. The second kappa shape index (κ2) is 7.95. The molecule has 3 aromatic rings. The fraction of sp³-hybridized carbons (Fsp3) is 0. The molecule has 0 aliphatic carbocycles. The summed E-state index contributed by atoms with van der Waals surface area (Å²) in [4.78, 5) is 24.3. The molecule has 3 N–H and O–H groups in total. The van der Waals surface area contributed by atoms with Crippen LogP contribution in [0.1, 0.15) is 20.7 Å². The third kappa shape index (κ3) is 4.36. The topological polar surface area (TPSA) is 70.2 Å². The van der Waals surface area contributed by atoms with Crippen molar-refractivity contribution in [2.24, 2.45) is 0 Å². The Labute approximate surface area is 160 Å². The molecule has 0 unspecified atom stereocenters. The SMILES string of the molecule is O=C(NNC(=S)NC(=O)c1ccc2ccccc2c1)c1ccc(Cl)cc1. The monoisotopic (exact) mass is 383 g/mol. The van der Waals surface area contributed by atoms with Crippen LogP contribution in [0.15, 0.2) is 66.7 Å². The van der Waals surface area contributed by atoms with E-state index in [1.807, 2.05) is 30.3 Å². The third-order valence-corrected chi connectivity index (χ3v) is 4.09. The van der Waals surface area contributed by atoms with Gasteiger partial charge in [-0.3, -0.25) is 25.8 Å². The molecule has 0 saturated heterocycles. The third-order valence-electron chi connectivity index (χ3n) is 3.63. The fourth-order valence-corrected chi connectivity index (χ4v) is 2.59. The van der Waals surface area contributed by atoms with Crippen molar-refractivity contribution in [3.63, 3.8) is 0 Å². The van der Waals surface area contributed by atoms with Crippen molar-refractivity contribution in [2.75, 3.05) is 0 Å². The van der Waals surface area contributed by atoms with Gasteiger partial charge in [0.2, 0.25) is 0 Å². The summed E-state index contributed by atoms with van der Waals surface area (Å²) < 4.78 is 0. The molecular formula is C19H14ClN3O2S. The van der Waals surface area contributed by atoms with E-state index in [1.165, 1.54) is 0 Å². The number of thiocarbonyl (C=S) groups is 1. The van der Waals surface area contributed by atoms with Gasteiger partial charge in [-0.05, 0) is 59.4 Å². The lowest BCUT2D eigenvalue weighted by atomic mass is 10.1. The van der Waals surface area contributed by atoms with Crippen LogP contribution < -0.4 is 16.2 Å². The second-order valence-corrected chi connectivity index (χ2v) is 6.28. The number of fused-ring (bicyclic) bond motifs is 1. The van der Waals surface area contributed by atoms with Crippen LogP contribution in [0, 0.1) is 0 Å². The van der Waals surface area contributed by atoms with Crippen LogP contribution in [-0.4, -0.2) is 16.9 Å². The van der Waals surface area contributed by atoms with E-state index in [0.717, 1.165) is 10.8 Å². The molecule has 7 heteroatoms. The number of carbonyl (C=O) groups is 2. The summed E-state index contributed by atoms with van der Waals surface area (Å²) in [6, 6.07) is 19.5. The molecule has 3 aromatic carbocycles. The van der Waals surface area contributed by atoms with Crippen molar-refractivity contribution in [1.29, 1.82) is 0 Å². The zero-order valence-electron chi connectivity index (χ0n) is 13.5. The summed E-state index contributed by atoms with van der Waals surface area (Å²) in [6.07, 6.45) is 0. The Bertz CT molecular complexity index is 990. The summed E-state index contributed by atoms with van der Waals surface area (Å²) >= 11 is 10.8. The molecule has 0 aromatic heterocycles. The Balaban J connectivity index is 1.57. The van der Waals surface area contributed by atoms with Gasteiger partial charge >= 0.3 is 0 Å².